The molecule has 2 aromatic heterocycles. The van der Waals surface area contributed by atoms with E-state index < -0.39 is 5.54 Å². The molecule has 0 amide bonds. The van der Waals surface area contributed by atoms with Gasteiger partial charge in [-0.1, -0.05) is 12.1 Å². The molecule has 1 aliphatic rings. The van der Waals surface area contributed by atoms with Crippen molar-refractivity contribution >= 4 is 21.7 Å². The number of aromatic nitrogens is 1. The number of hydrogen-bond donors (Lipinski definition) is 0. The number of fused-ring (bicyclic) bond motifs is 4. The van der Waals surface area contributed by atoms with E-state index in [1.807, 2.05) is 33.2 Å². The monoisotopic (exact) mass is 397 g/mol. The Morgan fingerprint density at radius 1 is 1.10 bits per heavy atom. The first-order valence-corrected chi connectivity index (χ1v) is 10.2. The molecule has 1 aliphatic heterocycles. The third-order valence-electron chi connectivity index (χ3n) is 6.16. The fourth-order valence-electron chi connectivity index (χ4n) is 4.58. The zero-order chi connectivity index (χ0) is 21.4. The maximum absolute atomic E-state index is 7.44. The van der Waals surface area contributed by atoms with E-state index in [2.05, 4.69) is 48.4 Å². The van der Waals surface area contributed by atoms with Crippen molar-refractivity contribution in [3.05, 3.63) is 64.3 Å². The zero-order valence-corrected chi connectivity index (χ0v) is 18.3. The SMILES string of the molecule is [C-]#[N+]C(C)(C)Cc1cc2c3c([n+](C)cc2o1)-c1c(C)c(C)cc2cc(C)cc(c12)O3. The Labute approximate surface area is 176 Å². The molecular weight excluding hydrogens is 372 g/mol. The number of benzene rings is 2. The number of aryl methyl sites for hydroxylation is 3. The normalized spacial score (nSPS) is 12.7. The lowest BCUT2D eigenvalue weighted by Gasteiger charge is -2.22. The molecule has 2 aromatic carbocycles. The van der Waals surface area contributed by atoms with Gasteiger partial charge in [-0.3, -0.25) is 0 Å². The minimum absolute atomic E-state index is 0.500. The van der Waals surface area contributed by atoms with Crippen molar-refractivity contribution in [3.63, 3.8) is 0 Å². The maximum Gasteiger partial charge on any atom is 0.257 e. The zero-order valence-electron chi connectivity index (χ0n) is 18.3. The molecule has 4 heteroatoms. The van der Waals surface area contributed by atoms with Crippen LogP contribution in [0.1, 0.15) is 36.3 Å². The highest BCUT2D eigenvalue weighted by molar-refractivity contribution is 6.07. The van der Waals surface area contributed by atoms with Crippen LogP contribution < -0.4 is 9.30 Å². The summed E-state index contributed by atoms with van der Waals surface area (Å²) in [7, 11) is 2.04. The summed E-state index contributed by atoms with van der Waals surface area (Å²) < 4.78 is 14.8. The van der Waals surface area contributed by atoms with E-state index in [9.17, 15) is 0 Å². The molecule has 0 N–H and O–H groups in total. The highest BCUT2D eigenvalue weighted by atomic mass is 16.5. The summed E-state index contributed by atoms with van der Waals surface area (Å²) in [4.78, 5) is 3.73. The number of rotatable bonds is 2. The number of hydrogen-bond acceptors (Lipinski definition) is 2. The molecule has 0 radical (unpaired) electrons. The minimum Gasteiger partial charge on any atom is -0.454 e. The molecule has 0 spiro atoms. The second-order valence-corrected chi connectivity index (χ2v) is 9.17. The smallest absolute Gasteiger partial charge is 0.257 e. The summed E-state index contributed by atoms with van der Waals surface area (Å²) in [6.45, 7) is 17.8. The first kappa shape index (κ1) is 18.7. The van der Waals surface area contributed by atoms with Crippen molar-refractivity contribution in [1.82, 2.24) is 0 Å². The largest absolute Gasteiger partial charge is 0.454 e. The summed E-state index contributed by atoms with van der Waals surface area (Å²) in [5.74, 6) is 2.54. The van der Waals surface area contributed by atoms with Crippen LogP contribution in [0.15, 0.2) is 34.9 Å². The maximum atomic E-state index is 7.44. The van der Waals surface area contributed by atoms with Gasteiger partial charge in [0, 0.05) is 19.2 Å². The summed E-state index contributed by atoms with van der Waals surface area (Å²) in [6, 6.07) is 8.64. The van der Waals surface area contributed by atoms with Crippen LogP contribution in [0.4, 0.5) is 0 Å². The molecule has 5 rings (SSSR count). The van der Waals surface area contributed by atoms with Gasteiger partial charge in [0.05, 0.1) is 17.4 Å². The highest BCUT2D eigenvalue weighted by Gasteiger charge is 2.34. The Morgan fingerprint density at radius 2 is 1.87 bits per heavy atom. The van der Waals surface area contributed by atoms with Crippen molar-refractivity contribution in [2.75, 3.05) is 0 Å². The molecule has 4 nitrogen and oxygen atoms in total. The lowest BCUT2D eigenvalue weighted by atomic mass is 9.89. The molecule has 150 valence electrons. The van der Waals surface area contributed by atoms with Gasteiger partial charge in [0.15, 0.2) is 0 Å². The third-order valence-corrected chi connectivity index (χ3v) is 6.16. The molecule has 0 bridgehead atoms. The van der Waals surface area contributed by atoms with Gasteiger partial charge < -0.3 is 14.0 Å². The molecule has 0 saturated heterocycles. The second-order valence-electron chi connectivity index (χ2n) is 9.17. The van der Waals surface area contributed by atoms with Gasteiger partial charge in [-0.25, -0.2) is 6.57 Å². The van der Waals surface area contributed by atoms with Crippen molar-refractivity contribution in [1.29, 1.82) is 0 Å². The number of pyridine rings is 1. The predicted octanol–water partition coefficient (Wildman–Crippen LogP) is 6.35. The Kier molecular flexibility index (Phi) is 3.79. The lowest BCUT2D eigenvalue weighted by molar-refractivity contribution is -0.659. The Hall–Kier alpha value is -3.32. The number of nitrogens with zero attached hydrogens (tertiary/aromatic N) is 2. The first-order chi connectivity index (χ1) is 14.2. The average molecular weight is 397 g/mol. The number of furan rings is 1. The van der Waals surface area contributed by atoms with Crippen LogP contribution >= 0.6 is 0 Å². The van der Waals surface area contributed by atoms with Crippen molar-refractivity contribution in [2.24, 2.45) is 7.05 Å². The fraction of sp³-hybridized carbons (Fsp3) is 0.308. The Balaban J connectivity index is 1.84. The quantitative estimate of drug-likeness (QED) is 0.257. The van der Waals surface area contributed by atoms with Crippen LogP contribution in [-0.2, 0) is 13.5 Å². The molecule has 0 atom stereocenters. The Morgan fingerprint density at radius 3 is 2.60 bits per heavy atom. The van der Waals surface area contributed by atoms with E-state index >= 15 is 0 Å². The molecule has 30 heavy (non-hydrogen) atoms. The summed E-state index contributed by atoms with van der Waals surface area (Å²) in [5.41, 5.74) is 6.30. The summed E-state index contributed by atoms with van der Waals surface area (Å²) >= 11 is 0. The predicted molar refractivity (Wildman–Crippen MR) is 119 cm³/mol. The molecule has 0 fully saturated rings. The minimum atomic E-state index is -0.500. The fourth-order valence-corrected chi connectivity index (χ4v) is 4.58. The molecule has 4 aromatic rings. The van der Waals surface area contributed by atoms with Gasteiger partial charge in [0.1, 0.15) is 18.6 Å². The van der Waals surface area contributed by atoms with Gasteiger partial charge in [-0.15, -0.1) is 0 Å². The van der Waals surface area contributed by atoms with Crippen LogP contribution in [0.25, 0.3) is 37.8 Å². The molecule has 0 aliphatic carbocycles. The van der Waals surface area contributed by atoms with E-state index in [0.717, 1.165) is 33.9 Å². The van der Waals surface area contributed by atoms with Gasteiger partial charge in [-0.2, -0.15) is 4.57 Å². The topological polar surface area (TPSA) is 30.6 Å². The second kappa shape index (κ2) is 6.09. The molecule has 0 saturated carbocycles. The highest BCUT2D eigenvalue weighted by Crippen LogP contribution is 2.50. The Bertz CT molecular complexity index is 1420. The van der Waals surface area contributed by atoms with Crippen molar-refractivity contribution in [3.8, 4) is 22.8 Å². The van der Waals surface area contributed by atoms with E-state index in [1.165, 1.54) is 33.0 Å². The third kappa shape index (κ3) is 2.62. The van der Waals surface area contributed by atoms with Gasteiger partial charge in [0.2, 0.25) is 23.1 Å². The van der Waals surface area contributed by atoms with Crippen LogP contribution in [0.5, 0.6) is 11.5 Å². The van der Waals surface area contributed by atoms with Crippen LogP contribution in [0.2, 0.25) is 0 Å². The van der Waals surface area contributed by atoms with Gasteiger partial charge in [0.25, 0.3) is 5.69 Å². The van der Waals surface area contributed by atoms with Crippen LogP contribution in [-0.4, -0.2) is 5.54 Å². The van der Waals surface area contributed by atoms with E-state index in [1.54, 1.807) is 0 Å². The van der Waals surface area contributed by atoms with E-state index in [0.29, 0.717) is 6.42 Å². The van der Waals surface area contributed by atoms with Crippen molar-refractivity contribution < 1.29 is 13.7 Å². The molecule has 3 heterocycles. The van der Waals surface area contributed by atoms with Gasteiger partial charge >= 0.3 is 0 Å². The van der Waals surface area contributed by atoms with Gasteiger partial charge in [-0.05, 0) is 55.0 Å². The first-order valence-electron chi connectivity index (χ1n) is 10.2. The number of ether oxygens (including phenoxy) is 1. The summed E-state index contributed by atoms with van der Waals surface area (Å²) in [5, 5.41) is 3.34. The standard InChI is InChI=1S/C26H25N2O2/c1-14-8-17-10-15(2)16(3)22-23(17)20(9-14)30-25-19-11-18(12-26(4,5)27-6)29-21(19)13-28(7)24(22)25/h8-11,13H,12H2,1-5,7H3/q+1. The molecule has 0 unspecified atom stereocenters. The lowest BCUT2D eigenvalue weighted by Crippen LogP contribution is -2.32. The average Bonchev–Trinajstić information content (AvgIpc) is 3.06. The van der Waals surface area contributed by atoms with Crippen molar-refractivity contribution in [2.45, 2.75) is 46.6 Å². The molecular formula is C26H25N2O2+. The summed E-state index contributed by atoms with van der Waals surface area (Å²) in [6.07, 6.45) is 2.59. The van der Waals surface area contributed by atoms with Crippen LogP contribution in [0, 0.1) is 27.3 Å². The van der Waals surface area contributed by atoms with E-state index in [-0.39, 0.29) is 0 Å². The van der Waals surface area contributed by atoms with E-state index in [4.69, 9.17) is 15.7 Å². The van der Waals surface area contributed by atoms with Crippen LogP contribution in [0.3, 0.4) is 0 Å².